The van der Waals surface area contributed by atoms with Crippen LogP contribution in [0.3, 0.4) is 0 Å². The van der Waals surface area contributed by atoms with Crippen LogP contribution in [0.4, 0.5) is 0 Å². The highest BCUT2D eigenvalue weighted by Gasteiger charge is 2.04. The Morgan fingerprint density at radius 2 is 1.79 bits per heavy atom. The van der Waals surface area contributed by atoms with Gasteiger partial charge in [-0.15, -0.1) is 0 Å². The van der Waals surface area contributed by atoms with Gasteiger partial charge in [0.1, 0.15) is 0 Å². The summed E-state index contributed by atoms with van der Waals surface area (Å²) >= 11 is 0. The van der Waals surface area contributed by atoms with Gasteiger partial charge < -0.3 is 15.2 Å². The lowest BCUT2D eigenvalue weighted by Gasteiger charge is -2.11. The SMILES string of the molecule is COCc1ccc([C@@H](N)COC)cc1. The van der Waals surface area contributed by atoms with Gasteiger partial charge in [-0.05, 0) is 11.1 Å². The van der Waals surface area contributed by atoms with Gasteiger partial charge >= 0.3 is 0 Å². The van der Waals surface area contributed by atoms with Crippen LogP contribution in [0.15, 0.2) is 24.3 Å². The summed E-state index contributed by atoms with van der Waals surface area (Å²) in [6.07, 6.45) is 0. The Balaban J connectivity index is 2.62. The minimum Gasteiger partial charge on any atom is -0.383 e. The number of rotatable bonds is 5. The van der Waals surface area contributed by atoms with Gasteiger partial charge in [0.15, 0.2) is 0 Å². The molecule has 1 aromatic rings. The Kier molecular flexibility index (Phi) is 4.59. The highest BCUT2D eigenvalue weighted by Crippen LogP contribution is 2.12. The van der Waals surface area contributed by atoms with E-state index in [2.05, 4.69) is 0 Å². The molecule has 1 atom stereocenters. The molecule has 0 aromatic heterocycles. The number of benzene rings is 1. The van der Waals surface area contributed by atoms with E-state index >= 15 is 0 Å². The summed E-state index contributed by atoms with van der Waals surface area (Å²) < 4.78 is 10.0. The maximum atomic E-state index is 5.87. The first-order valence-electron chi connectivity index (χ1n) is 4.60. The summed E-state index contributed by atoms with van der Waals surface area (Å²) in [4.78, 5) is 0. The summed E-state index contributed by atoms with van der Waals surface area (Å²) in [6.45, 7) is 1.18. The van der Waals surface area contributed by atoms with Crippen LogP contribution in [-0.4, -0.2) is 20.8 Å². The molecule has 0 aliphatic rings. The van der Waals surface area contributed by atoms with Crippen molar-refractivity contribution in [3.63, 3.8) is 0 Å². The summed E-state index contributed by atoms with van der Waals surface area (Å²) in [7, 11) is 3.34. The van der Waals surface area contributed by atoms with E-state index in [9.17, 15) is 0 Å². The number of hydrogen-bond acceptors (Lipinski definition) is 3. The summed E-state index contributed by atoms with van der Waals surface area (Å²) in [5.74, 6) is 0. The smallest absolute Gasteiger partial charge is 0.0713 e. The summed E-state index contributed by atoms with van der Waals surface area (Å²) in [5.41, 5.74) is 8.12. The maximum absolute atomic E-state index is 5.87. The fourth-order valence-corrected chi connectivity index (χ4v) is 1.30. The van der Waals surface area contributed by atoms with Gasteiger partial charge in [-0.3, -0.25) is 0 Å². The Morgan fingerprint density at radius 1 is 1.14 bits per heavy atom. The van der Waals surface area contributed by atoms with Gasteiger partial charge in [-0.1, -0.05) is 24.3 Å². The molecule has 0 unspecified atom stereocenters. The fraction of sp³-hybridized carbons (Fsp3) is 0.455. The topological polar surface area (TPSA) is 44.5 Å². The number of ether oxygens (including phenoxy) is 2. The van der Waals surface area contributed by atoms with Crippen molar-refractivity contribution in [2.75, 3.05) is 20.8 Å². The predicted octanol–water partition coefficient (Wildman–Crippen LogP) is 1.48. The second-order valence-electron chi connectivity index (χ2n) is 3.24. The average Bonchev–Trinajstić information content (AvgIpc) is 2.20. The molecular formula is C11H17NO2. The minimum atomic E-state index is -0.0448. The van der Waals surface area contributed by atoms with Crippen LogP contribution in [0, 0.1) is 0 Å². The standard InChI is InChI=1S/C11H17NO2/c1-13-7-9-3-5-10(6-4-9)11(12)8-14-2/h3-6,11H,7-8,12H2,1-2H3/t11-/m0/s1. The van der Waals surface area contributed by atoms with Gasteiger partial charge in [0, 0.05) is 14.2 Å². The van der Waals surface area contributed by atoms with Crippen LogP contribution in [0.1, 0.15) is 17.2 Å². The van der Waals surface area contributed by atoms with E-state index in [0.717, 1.165) is 11.1 Å². The number of methoxy groups -OCH3 is 2. The molecule has 3 heteroatoms. The van der Waals surface area contributed by atoms with Crippen molar-refractivity contribution in [2.45, 2.75) is 12.6 Å². The first kappa shape index (κ1) is 11.2. The van der Waals surface area contributed by atoms with Gasteiger partial charge in [-0.25, -0.2) is 0 Å². The molecule has 0 fully saturated rings. The Morgan fingerprint density at radius 3 is 2.29 bits per heavy atom. The zero-order valence-corrected chi connectivity index (χ0v) is 8.69. The molecule has 14 heavy (non-hydrogen) atoms. The first-order chi connectivity index (χ1) is 6.77. The minimum absolute atomic E-state index is 0.0448. The predicted molar refractivity (Wildman–Crippen MR) is 56.0 cm³/mol. The lowest BCUT2D eigenvalue weighted by atomic mass is 10.1. The molecule has 0 heterocycles. The van der Waals surface area contributed by atoms with Crippen molar-refractivity contribution in [3.8, 4) is 0 Å². The molecule has 1 rings (SSSR count). The van der Waals surface area contributed by atoms with Crippen LogP contribution in [-0.2, 0) is 16.1 Å². The highest BCUT2D eigenvalue weighted by atomic mass is 16.5. The van der Waals surface area contributed by atoms with Crippen LogP contribution >= 0.6 is 0 Å². The molecular weight excluding hydrogens is 178 g/mol. The van der Waals surface area contributed by atoms with Gasteiger partial charge in [0.2, 0.25) is 0 Å². The third kappa shape index (κ3) is 3.10. The quantitative estimate of drug-likeness (QED) is 0.774. The molecule has 0 bridgehead atoms. The zero-order valence-electron chi connectivity index (χ0n) is 8.69. The molecule has 1 aromatic carbocycles. The summed E-state index contributed by atoms with van der Waals surface area (Å²) in [6, 6.07) is 8.02. The Labute approximate surface area is 84.8 Å². The molecule has 2 N–H and O–H groups in total. The van der Waals surface area contributed by atoms with E-state index in [0.29, 0.717) is 13.2 Å². The number of hydrogen-bond donors (Lipinski definition) is 1. The normalized spacial score (nSPS) is 12.8. The molecule has 0 amide bonds. The second kappa shape index (κ2) is 5.75. The van der Waals surface area contributed by atoms with Gasteiger partial charge in [0.25, 0.3) is 0 Å². The molecule has 0 saturated carbocycles. The summed E-state index contributed by atoms with van der Waals surface area (Å²) in [5, 5.41) is 0. The van der Waals surface area contributed by atoms with E-state index in [4.69, 9.17) is 15.2 Å². The van der Waals surface area contributed by atoms with Crippen LogP contribution < -0.4 is 5.73 Å². The lowest BCUT2D eigenvalue weighted by molar-refractivity contribution is 0.180. The monoisotopic (exact) mass is 195 g/mol. The fourth-order valence-electron chi connectivity index (χ4n) is 1.30. The van der Waals surface area contributed by atoms with Gasteiger partial charge in [0.05, 0.1) is 19.3 Å². The third-order valence-electron chi connectivity index (χ3n) is 2.07. The average molecular weight is 195 g/mol. The van der Waals surface area contributed by atoms with Crippen molar-refractivity contribution in [3.05, 3.63) is 35.4 Å². The molecule has 0 spiro atoms. The maximum Gasteiger partial charge on any atom is 0.0713 e. The third-order valence-corrected chi connectivity index (χ3v) is 2.07. The molecule has 78 valence electrons. The van der Waals surface area contributed by atoms with Gasteiger partial charge in [-0.2, -0.15) is 0 Å². The highest BCUT2D eigenvalue weighted by molar-refractivity contribution is 5.24. The Bertz CT molecular complexity index is 258. The van der Waals surface area contributed by atoms with Crippen LogP contribution in [0.25, 0.3) is 0 Å². The van der Waals surface area contributed by atoms with Crippen LogP contribution in [0.5, 0.6) is 0 Å². The van der Waals surface area contributed by atoms with E-state index in [1.54, 1.807) is 14.2 Å². The van der Waals surface area contributed by atoms with E-state index < -0.39 is 0 Å². The molecule has 0 aliphatic heterocycles. The zero-order chi connectivity index (χ0) is 10.4. The van der Waals surface area contributed by atoms with Crippen molar-refractivity contribution in [2.24, 2.45) is 5.73 Å². The largest absolute Gasteiger partial charge is 0.383 e. The first-order valence-corrected chi connectivity index (χ1v) is 4.60. The molecule has 0 radical (unpaired) electrons. The molecule has 3 nitrogen and oxygen atoms in total. The van der Waals surface area contributed by atoms with E-state index in [-0.39, 0.29) is 6.04 Å². The van der Waals surface area contributed by atoms with E-state index in [1.807, 2.05) is 24.3 Å². The molecule has 0 aliphatic carbocycles. The van der Waals surface area contributed by atoms with Crippen molar-refractivity contribution >= 4 is 0 Å². The van der Waals surface area contributed by atoms with Crippen molar-refractivity contribution < 1.29 is 9.47 Å². The van der Waals surface area contributed by atoms with Crippen molar-refractivity contribution in [1.29, 1.82) is 0 Å². The Hall–Kier alpha value is -0.900. The van der Waals surface area contributed by atoms with Crippen molar-refractivity contribution in [1.82, 2.24) is 0 Å². The second-order valence-corrected chi connectivity index (χ2v) is 3.24. The number of nitrogens with two attached hydrogens (primary N) is 1. The van der Waals surface area contributed by atoms with Crippen LogP contribution in [0.2, 0.25) is 0 Å². The lowest BCUT2D eigenvalue weighted by Crippen LogP contribution is -2.15. The van der Waals surface area contributed by atoms with E-state index in [1.165, 1.54) is 0 Å². The molecule has 0 saturated heterocycles.